The third-order valence-electron chi connectivity index (χ3n) is 1.94. The van der Waals surface area contributed by atoms with Crippen LogP contribution in [0.15, 0.2) is 24.3 Å². The topological polar surface area (TPSA) is 104 Å². The predicted octanol–water partition coefficient (Wildman–Crippen LogP) is 0.307. The summed E-state index contributed by atoms with van der Waals surface area (Å²) < 4.78 is 14.6. The minimum absolute atomic E-state index is 0.0564. The fourth-order valence-electron chi connectivity index (χ4n) is 1.35. The minimum atomic E-state index is -4.93. The van der Waals surface area contributed by atoms with Crippen LogP contribution >= 0.6 is 7.82 Å². The first-order valence-electron chi connectivity index (χ1n) is 4.13. The Balaban J connectivity index is 2.39. The van der Waals surface area contributed by atoms with Crippen molar-refractivity contribution in [2.45, 2.75) is 0 Å². The molecular weight excluding hydrogens is 237 g/mol. The molecule has 0 bridgehead atoms. The number of hydrogen-bond donors (Lipinski definition) is 2. The Morgan fingerprint density at radius 3 is 1.88 bits per heavy atom. The van der Waals surface area contributed by atoms with Crippen LogP contribution in [0.4, 0.5) is 0 Å². The van der Waals surface area contributed by atoms with Crippen LogP contribution in [-0.2, 0) is 9.19 Å². The van der Waals surface area contributed by atoms with E-state index in [-0.39, 0.29) is 16.2 Å². The van der Waals surface area contributed by atoms with E-state index in [2.05, 4.69) is 4.62 Å². The molecule has 0 spiro atoms. The van der Waals surface area contributed by atoms with Crippen molar-refractivity contribution in [1.82, 2.24) is 5.06 Å². The SMILES string of the molecule is O=C1c2ccccc2C(=O)N1OP(=O)(O)O. The predicted molar refractivity (Wildman–Crippen MR) is 50.1 cm³/mol. The van der Waals surface area contributed by atoms with Crippen molar-refractivity contribution >= 4 is 19.6 Å². The third kappa shape index (κ3) is 1.77. The molecule has 0 aromatic heterocycles. The van der Waals surface area contributed by atoms with Gasteiger partial charge < -0.3 is 9.79 Å². The molecule has 2 amide bonds. The number of fused-ring (bicyclic) bond motifs is 1. The highest BCUT2D eigenvalue weighted by atomic mass is 31.2. The molecule has 2 rings (SSSR count). The number of benzene rings is 1. The van der Waals surface area contributed by atoms with Crippen LogP contribution in [0.1, 0.15) is 20.7 Å². The molecule has 0 unspecified atom stereocenters. The van der Waals surface area contributed by atoms with E-state index in [0.717, 1.165) is 0 Å². The highest BCUT2D eigenvalue weighted by Crippen LogP contribution is 2.39. The molecule has 0 radical (unpaired) electrons. The first-order valence-corrected chi connectivity index (χ1v) is 5.66. The van der Waals surface area contributed by atoms with Gasteiger partial charge in [0.25, 0.3) is 11.8 Å². The Bertz CT molecular complexity index is 486. The second-order valence-corrected chi connectivity index (χ2v) is 4.17. The summed E-state index contributed by atoms with van der Waals surface area (Å²) in [6.07, 6.45) is 0. The number of imide groups is 1. The van der Waals surface area contributed by atoms with Crippen LogP contribution in [0.3, 0.4) is 0 Å². The van der Waals surface area contributed by atoms with Gasteiger partial charge >= 0.3 is 7.82 Å². The third-order valence-corrected chi connectivity index (χ3v) is 2.32. The Hall–Kier alpha value is -1.53. The van der Waals surface area contributed by atoms with Gasteiger partial charge in [-0.1, -0.05) is 12.1 Å². The fourth-order valence-corrected chi connectivity index (χ4v) is 1.71. The summed E-state index contributed by atoms with van der Waals surface area (Å²) in [5, 5.41) is 0.0748. The normalized spacial score (nSPS) is 15.5. The molecule has 0 atom stereocenters. The van der Waals surface area contributed by atoms with Crippen LogP contribution in [0.5, 0.6) is 0 Å². The Morgan fingerprint density at radius 2 is 1.50 bits per heavy atom. The highest BCUT2D eigenvalue weighted by molar-refractivity contribution is 7.46. The Morgan fingerprint density at radius 1 is 1.06 bits per heavy atom. The number of nitrogens with zero attached hydrogens (tertiary/aromatic N) is 1. The Kier molecular flexibility index (Phi) is 2.40. The molecular formula is C8H6NO6P. The highest BCUT2D eigenvalue weighted by Gasteiger charge is 2.40. The van der Waals surface area contributed by atoms with Crippen molar-refractivity contribution in [2.75, 3.05) is 0 Å². The lowest BCUT2D eigenvalue weighted by Gasteiger charge is -2.12. The summed E-state index contributed by atoms with van der Waals surface area (Å²) in [5.41, 5.74) is 0.113. The van der Waals surface area contributed by atoms with Gasteiger partial charge in [-0.2, -0.15) is 4.62 Å². The average Bonchev–Trinajstić information content (AvgIpc) is 2.43. The fraction of sp³-hybridized carbons (Fsp3) is 0. The summed E-state index contributed by atoms with van der Waals surface area (Å²) in [4.78, 5) is 40.1. The van der Waals surface area contributed by atoms with Gasteiger partial charge in [0, 0.05) is 0 Å². The molecule has 84 valence electrons. The molecule has 16 heavy (non-hydrogen) atoms. The largest absolute Gasteiger partial charge is 0.491 e. The molecule has 0 saturated carbocycles. The number of phosphoric acid groups is 1. The van der Waals surface area contributed by atoms with E-state index in [0.29, 0.717) is 0 Å². The van der Waals surface area contributed by atoms with Gasteiger partial charge in [-0.25, -0.2) is 4.57 Å². The summed E-state index contributed by atoms with van der Waals surface area (Å²) in [7, 11) is -4.93. The first-order chi connectivity index (χ1) is 7.40. The maximum absolute atomic E-state index is 11.5. The van der Waals surface area contributed by atoms with Crippen molar-refractivity contribution in [3.63, 3.8) is 0 Å². The van der Waals surface area contributed by atoms with Crippen molar-refractivity contribution in [3.05, 3.63) is 35.4 Å². The summed E-state index contributed by atoms with van der Waals surface area (Å²) in [5.74, 6) is -1.77. The van der Waals surface area contributed by atoms with E-state index in [1.807, 2.05) is 0 Å². The molecule has 1 aromatic rings. The molecule has 0 fully saturated rings. The zero-order valence-electron chi connectivity index (χ0n) is 7.73. The minimum Gasteiger partial charge on any atom is -0.301 e. The summed E-state index contributed by atoms with van der Waals surface area (Å²) in [6, 6.07) is 5.81. The quantitative estimate of drug-likeness (QED) is 0.572. The zero-order valence-corrected chi connectivity index (χ0v) is 8.63. The maximum Gasteiger partial charge on any atom is 0.491 e. The van der Waals surface area contributed by atoms with Gasteiger partial charge in [0.1, 0.15) is 0 Å². The number of carbonyl (C=O) groups excluding carboxylic acids is 2. The van der Waals surface area contributed by atoms with Gasteiger partial charge in [0.05, 0.1) is 11.1 Å². The number of hydrogen-bond acceptors (Lipinski definition) is 4. The lowest BCUT2D eigenvalue weighted by Crippen LogP contribution is -2.28. The van der Waals surface area contributed by atoms with Gasteiger partial charge in [-0.3, -0.25) is 9.59 Å². The van der Waals surface area contributed by atoms with Crippen molar-refractivity contribution in [3.8, 4) is 0 Å². The maximum atomic E-state index is 11.5. The molecule has 8 heteroatoms. The second-order valence-electron chi connectivity index (χ2n) is 3.02. The van der Waals surface area contributed by atoms with Crippen LogP contribution in [0.2, 0.25) is 0 Å². The lowest BCUT2D eigenvalue weighted by molar-refractivity contribution is -0.0310. The number of carbonyl (C=O) groups is 2. The number of hydroxylamine groups is 2. The molecule has 1 aliphatic rings. The van der Waals surface area contributed by atoms with Gasteiger partial charge in [0.15, 0.2) is 0 Å². The summed E-state index contributed by atoms with van der Waals surface area (Å²) in [6.45, 7) is 0. The van der Waals surface area contributed by atoms with Crippen molar-refractivity contribution in [1.29, 1.82) is 0 Å². The van der Waals surface area contributed by atoms with E-state index in [1.165, 1.54) is 24.3 Å². The van der Waals surface area contributed by atoms with Gasteiger partial charge in [-0.05, 0) is 12.1 Å². The van der Waals surface area contributed by atoms with E-state index < -0.39 is 19.6 Å². The van der Waals surface area contributed by atoms with Gasteiger partial charge in [-0.15, -0.1) is 5.06 Å². The molecule has 1 heterocycles. The van der Waals surface area contributed by atoms with Crippen LogP contribution in [0.25, 0.3) is 0 Å². The number of rotatable bonds is 2. The van der Waals surface area contributed by atoms with Crippen LogP contribution < -0.4 is 0 Å². The van der Waals surface area contributed by atoms with E-state index >= 15 is 0 Å². The van der Waals surface area contributed by atoms with Crippen LogP contribution in [-0.4, -0.2) is 26.7 Å². The lowest BCUT2D eigenvalue weighted by atomic mass is 10.1. The average molecular weight is 243 g/mol. The monoisotopic (exact) mass is 243 g/mol. The Labute approximate surface area is 89.4 Å². The van der Waals surface area contributed by atoms with Crippen molar-refractivity contribution in [2.24, 2.45) is 0 Å². The smallest absolute Gasteiger partial charge is 0.301 e. The summed E-state index contributed by atoms with van der Waals surface area (Å²) >= 11 is 0. The van der Waals surface area contributed by atoms with Crippen LogP contribution in [0, 0.1) is 0 Å². The van der Waals surface area contributed by atoms with E-state index in [4.69, 9.17) is 9.79 Å². The molecule has 0 saturated heterocycles. The molecule has 1 aliphatic heterocycles. The standard InChI is InChI=1S/C8H6NO6P/c10-7-5-3-1-2-4-6(5)8(11)9(7)15-16(12,13)14/h1-4H,(H2,12,13,14). The molecule has 0 aliphatic carbocycles. The van der Waals surface area contributed by atoms with Crippen molar-refractivity contribution < 1.29 is 28.6 Å². The molecule has 7 nitrogen and oxygen atoms in total. The van der Waals surface area contributed by atoms with Gasteiger partial charge in [0.2, 0.25) is 0 Å². The molecule has 1 aromatic carbocycles. The zero-order chi connectivity index (χ0) is 11.9. The second kappa shape index (κ2) is 3.50. The van der Waals surface area contributed by atoms with E-state index in [1.54, 1.807) is 0 Å². The number of amides is 2. The first kappa shape index (κ1) is 11.0. The van der Waals surface area contributed by atoms with E-state index in [9.17, 15) is 14.2 Å². The molecule has 2 N–H and O–H groups in total.